The van der Waals surface area contributed by atoms with E-state index in [2.05, 4.69) is 39.9 Å². The first-order valence-corrected chi connectivity index (χ1v) is 4.51. The molecule has 0 aliphatic carbocycles. The third-order valence-electron chi connectivity index (χ3n) is 1.77. The van der Waals surface area contributed by atoms with Gasteiger partial charge in [0.05, 0.1) is 6.04 Å². The van der Waals surface area contributed by atoms with Crippen LogP contribution in [-0.4, -0.2) is 17.9 Å². The van der Waals surface area contributed by atoms with Crippen LogP contribution in [0.4, 0.5) is 0 Å². The van der Waals surface area contributed by atoms with E-state index >= 15 is 0 Å². The molecule has 0 rings (SSSR count). The number of nitrogens with one attached hydrogen (secondary N) is 1. The highest BCUT2D eigenvalue weighted by Gasteiger charge is 2.28. The number of carbonyl (C=O) groups is 1. The first-order valence-electron chi connectivity index (χ1n) is 4.51. The standard InChI is InChI=1S/C10H21NO/c1-7(2)11-9(8(3)12)10(4,5)6/h7,9,11H,1-6H3. The third kappa shape index (κ3) is 3.86. The van der Waals surface area contributed by atoms with E-state index in [0.29, 0.717) is 6.04 Å². The van der Waals surface area contributed by atoms with Crippen LogP contribution in [0.2, 0.25) is 0 Å². The van der Waals surface area contributed by atoms with Crippen molar-refractivity contribution < 1.29 is 4.79 Å². The van der Waals surface area contributed by atoms with E-state index in [4.69, 9.17) is 0 Å². The van der Waals surface area contributed by atoms with Crippen LogP contribution in [-0.2, 0) is 4.79 Å². The number of carbonyl (C=O) groups excluding carboxylic acids is 1. The zero-order chi connectivity index (χ0) is 9.94. The van der Waals surface area contributed by atoms with Gasteiger partial charge in [-0.1, -0.05) is 34.6 Å². The SMILES string of the molecule is CC(=O)C(NC(C)C)C(C)(C)C. The van der Waals surface area contributed by atoms with E-state index in [1.807, 2.05) is 0 Å². The number of Topliss-reactive ketones (excluding diaryl/α,β-unsaturated/α-hetero) is 1. The highest BCUT2D eigenvalue weighted by molar-refractivity contribution is 5.82. The Balaban J connectivity index is 4.35. The Hall–Kier alpha value is -0.370. The fraction of sp³-hybridized carbons (Fsp3) is 0.900. The zero-order valence-corrected chi connectivity index (χ0v) is 9.06. The third-order valence-corrected chi connectivity index (χ3v) is 1.77. The Morgan fingerprint density at radius 2 is 1.67 bits per heavy atom. The minimum absolute atomic E-state index is 0.0100. The normalized spacial score (nSPS) is 14.9. The van der Waals surface area contributed by atoms with Gasteiger partial charge in [0.25, 0.3) is 0 Å². The summed E-state index contributed by atoms with van der Waals surface area (Å²) in [5, 5.41) is 3.27. The van der Waals surface area contributed by atoms with Crippen molar-refractivity contribution >= 4 is 5.78 Å². The molecular weight excluding hydrogens is 150 g/mol. The molecule has 0 aromatic heterocycles. The van der Waals surface area contributed by atoms with Gasteiger partial charge < -0.3 is 5.32 Å². The lowest BCUT2D eigenvalue weighted by atomic mass is 9.84. The van der Waals surface area contributed by atoms with Crippen LogP contribution in [0.15, 0.2) is 0 Å². The first-order chi connectivity index (χ1) is 5.25. The van der Waals surface area contributed by atoms with Gasteiger partial charge in [0, 0.05) is 6.04 Å². The Bertz CT molecular complexity index is 156. The van der Waals surface area contributed by atoms with E-state index in [1.165, 1.54) is 0 Å². The zero-order valence-electron chi connectivity index (χ0n) is 9.06. The number of rotatable bonds is 3. The van der Waals surface area contributed by atoms with Gasteiger partial charge in [-0.2, -0.15) is 0 Å². The molecule has 2 nitrogen and oxygen atoms in total. The maximum absolute atomic E-state index is 11.3. The van der Waals surface area contributed by atoms with E-state index in [-0.39, 0.29) is 17.2 Å². The van der Waals surface area contributed by atoms with Gasteiger partial charge in [0.1, 0.15) is 5.78 Å². The minimum Gasteiger partial charge on any atom is -0.305 e. The molecule has 1 atom stereocenters. The fourth-order valence-electron chi connectivity index (χ4n) is 1.31. The van der Waals surface area contributed by atoms with Crippen LogP contribution in [0.3, 0.4) is 0 Å². The lowest BCUT2D eigenvalue weighted by Gasteiger charge is -2.31. The monoisotopic (exact) mass is 171 g/mol. The quantitative estimate of drug-likeness (QED) is 0.703. The summed E-state index contributed by atoms with van der Waals surface area (Å²) in [7, 11) is 0. The van der Waals surface area contributed by atoms with Crippen molar-refractivity contribution in [2.75, 3.05) is 0 Å². The summed E-state index contributed by atoms with van der Waals surface area (Å²) in [6, 6.07) is 0.329. The molecule has 12 heavy (non-hydrogen) atoms. The molecule has 0 fully saturated rings. The van der Waals surface area contributed by atoms with Crippen molar-refractivity contribution in [3.05, 3.63) is 0 Å². The Labute approximate surface area is 75.7 Å². The molecule has 0 aromatic carbocycles. The van der Waals surface area contributed by atoms with Crippen molar-refractivity contribution in [3.63, 3.8) is 0 Å². The maximum atomic E-state index is 11.3. The molecule has 1 unspecified atom stereocenters. The summed E-state index contributed by atoms with van der Waals surface area (Å²) in [5.74, 6) is 0.219. The molecule has 2 heteroatoms. The summed E-state index contributed by atoms with van der Waals surface area (Å²) in [6.07, 6.45) is 0. The molecule has 0 radical (unpaired) electrons. The van der Waals surface area contributed by atoms with Crippen LogP contribution in [0.5, 0.6) is 0 Å². The smallest absolute Gasteiger partial charge is 0.147 e. The minimum atomic E-state index is -0.0301. The summed E-state index contributed by atoms with van der Waals surface area (Å²) in [6.45, 7) is 12.0. The lowest BCUT2D eigenvalue weighted by molar-refractivity contribution is -0.121. The number of hydrogen-bond acceptors (Lipinski definition) is 2. The fourth-order valence-corrected chi connectivity index (χ4v) is 1.31. The second kappa shape index (κ2) is 4.04. The highest BCUT2D eigenvalue weighted by atomic mass is 16.1. The Morgan fingerprint density at radius 1 is 1.25 bits per heavy atom. The van der Waals surface area contributed by atoms with Gasteiger partial charge in [-0.3, -0.25) is 4.79 Å². The molecule has 0 amide bonds. The van der Waals surface area contributed by atoms with Crippen LogP contribution in [0.1, 0.15) is 41.5 Å². The maximum Gasteiger partial charge on any atom is 0.147 e. The molecule has 0 saturated carbocycles. The predicted octanol–water partition coefficient (Wildman–Crippen LogP) is 1.99. The molecule has 1 N–H and O–H groups in total. The van der Waals surface area contributed by atoms with Crippen molar-refractivity contribution in [3.8, 4) is 0 Å². The number of hydrogen-bond donors (Lipinski definition) is 1. The molecule has 0 spiro atoms. The molecule has 72 valence electrons. The molecular formula is C10H21NO. The second-order valence-corrected chi connectivity index (χ2v) is 4.73. The Kier molecular flexibility index (Phi) is 3.91. The van der Waals surface area contributed by atoms with Gasteiger partial charge in [0.2, 0.25) is 0 Å². The summed E-state index contributed by atoms with van der Waals surface area (Å²) in [4.78, 5) is 11.3. The van der Waals surface area contributed by atoms with Gasteiger partial charge in [-0.15, -0.1) is 0 Å². The average Bonchev–Trinajstić information content (AvgIpc) is 1.79. The highest BCUT2D eigenvalue weighted by Crippen LogP contribution is 2.20. The molecule has 0 bridgehead atoms. The number of ketones is 1. The van der Waals surface area contributed by atoms with Gasteiger partial charge >= 0.3 is 0 Å². The predicted molar refractivity (Wildman–Crippen MR) is 52.2 cm³/mol. The largest absolute Gasteiger partial charge is 0.305 e. The van der Waals surface area contributed by atoms with Crippen LogP contribution in [0, 0.1) is 5.41 Å². The average molecular weight is 171 g/mol. The molecule has 0 aromatic rings. The van der Waals surface area contributed by atoms with Crippen molar-refractivity contribution in [1.82, 2.24) is 5.32 Å². The van der Waals surface area contributed by atoms with Crippen LogP contribution < -0.4 is 5.32 Å². The van der Waals surface area contributed by atoms with Gasteiger partial charge in [-0.25, -0.2) is 0 Å². The van der Waals surface area contributed by atoms with E-state index in [0.717, 1.165) is 0 Å². The van der Waals surface area contributed by atoms with Crippen LogP contribution >= 0.6 is 0 Å². The Morgan fingerprint density at radius 3 is 1.75 bits per heavy atom. The lowest BCUT2D eigenvalue weighted by Crippen LogP contribution is -2.48. The van der Waals surface area contributed by atoms with Crippen molar-refractivity contribution in [1.29, 1.82) is 0 Å². The molecule has 0 saturated heterocycles. The molecule has 0 aliphatic rings. The van der Waals surface area contributed by atoms with Gasteiger partial charge in [0.15, 0.2) is 0 Å². The van der Waals surface area contributed by atoms with Crippen molar-refractivity contribution in [2.24, 2.45) is 5.41 Å². The summed E-state index contributed by atoms with van der Waals surface area (Å²) < 4.78 is 0. The van der Waals surface area contributed by atoms with E-state index < -0.39 is 0 Å². The van der Waals surface area contributed by atoms with E-state index in [9.17, 15) is 4.79 Å². The summed E-state index contributed by atoms with van der Waals surface area (Å²) >= 11 is 0. The second-order valence-electron chi connectivity index (χ2n) is 4.73. The molecule has 0 heterocycles. The van der Waals surface area contributed by atoms with Gasteiger partial charge in [-0.05, 0) is 12.3 Å². The van der Waals surface area contributed by atoms with E-state index in [1.54, 1.807) is 6.92 Å². The molecule has 0 aliphatic heterocycles. The first kappa shape index (κ1) is 11.6. The topological polar surface area (TPSA) is 29.1 Å². The summed E-state index contributed by atoms with van der Waals surface area (Å²) in [5.41, 5.74) is 0.0100. The van der Waals surface area contributed by atoms with Crippen LogP contribution in [0.25, 0.3) is 0 Å². The van der Waals surface area contributed by atoms with Crippen molar-refractivity contribution in [2.45, 2.75) is 53.6 Å².